The molecule has 0 radical (unpaired) electrons. The van der Waals surface area contributed by atoms with Crippen molar-refractivity contribution in [1.82, 2.24) is 0 Å². The first-order valence-electron chi connectivity index (χ1n) is 8.59. The number of carbonyl (C=O) groups is 1. The van der Waals surface area contributed by atoms with Gasteiger partial charge in [0.25, 0.3) is 0 Å². The number of phenolic OH excluding ortho intramolecular Hbond substituents is 1. The second kappa shape index (κ2) is 6.90. The number of ether oxygens (including phenoxy) is 3. The van der Waals surface area contributed by atoms with E-state index in [-0.39, 0.29) is 29.3 Å². The van der Waals surface area contributed by atoms with Crippen LogP contribution in [-0.4, -0.2) is 32.2 Å². The first-order valence-corrected chi connectivity index (χ1v) is 8.59. The molecule has 2 aromatic carbocycles. The van der Waals surface area contributed by atoms with E-state index in [4.69, 9.17) is 14.2 Å². The topological polar surface area (TPSA) is 65.0 Å². The maximum Gasteiger partial charge on any atom is 0.166 e. The summed E-state index contributed by atoms with van der Waals surface area (Å²) in [6.07, 6.45) is 0. The maximum absolute atomic E-state index is 12.9. The molecular weight excluding hydrogens is 332 g/mol. The Hall–Kier alpha value is -2.69. The summed E-state index contributed by atoms with van der Waals surface area (Å²) in [4.78, 5) is 12.9. The zero-order chi connectivity index (χ0) is 19.0. The Morgan fingerprint density at radius 3 is 2.12 bits per heavy atom. The zero-order valence-corrected chi connectivity index (χ0v) is 15.7. The average molecular weight is 356 g/mol. The van der Waals surface area contributed by atoms with Gasteiger partial charge in [0.1, 0.15) is 0 Å². The lowest BCUT2D eigenvalue weighted by Crippen LogP contribution is -2.32. The van der Waals surface area contributed by atoms with Crippen LogP contribution < -0.4 is 14.2 Å². The number of rotatable bonds is 4. The van der Waals surface area contributed by atoms with Gasteiger partial charge in [-0.15, -0.1) is 0 Å². The highest BCUT2D eigenvalue weighted by atomic mass is 16.5. The van der Waals surface area contributed by atoms with Crippen LogP contribution in [0.5, 0.6) is 23.0 Å². The molecule has 5 nitrogen and oxygen atoms in total. The summed E-state index contributed by atoms with van der Waals surface area (Å²) in [6, 6.07) is 8.99. The molecule has 3 atom stereocenters. The largest absolute Gasteiger partial charge is 0.504 e. The molecule has 0 amide bonds. The van der Waals surface area contributed by atoms with E-state index in [2.05, 4.69) is 6.92 Å². The van der Waals surface area contributed by atoms with Crippen LogP contribution in [-0.2, 0) is 0 Å². The van der Waals surface area contributed by atoms with Crippen LogP contribution in [0.1, 0.15) is 41.3 Å². The molecular formula is C21H24O5. The summed E-state index contributed by atoms with van der Waals surface area (Å²) in [6.45, 7) is 4.03. The Morgan fingerprint density at radius 2 is 1.50 bits per heavy atom. The second-order valence-corrected chi connectivity index (χ2v) is 6.72. The lowest BCUT2D eigenvalue weighted by molar-refractivity contribution is 0.0865. The second-order valence-electron chi connectivity index (χ2n) is 6.72. The highest BCUT2D eigenvalue weighted by molar-refractivity contribution is 6.01. The smallest absolute Gasteiger partial charge is 0.166 e. The van der Waals surface area contributed by atoms with E-state index in [1.165, 1.54) is 7.11 Å². The first-order chi connectivity index (χ1) is 12.4. The van der Waals surface area contributed by atoms with Gasteiger partial charge in [0.05, 0.1) is 21.3 Å². The molecule has 0 heterocycles. The van der Waals surface area contributed by atoms with E-state index in [1.54, 1.807) is 26.4 Å². The predicted octanol–water partition coefficient (Wildman–Crippen LogP) is 4.02. The van der Waals surface area contributed by atoms with Crippen molar-refractivity contribution in [3.8, 4) is 23.0 Å². The van der Waals surface area contributed by atoms with Gasteiger partial charge in [0, 0.05) is 17.4 Å². The van der Waals surface area contributed by atoms with Gasteiger partial charge in [-0.2, -0.15) is 0 Å². The maximum atomic E-state index is 12.9. The lowest BCUT2D eigenvalue weighted by atomic mass is 9.67. The van der Waals surface area contributed by atoms with Gasteiger partial charge in [-0.25, -0.2) is 0 Å². The third-order valence-electron chi connectivity index (χ3n) is 5.45. The van der Waals surface area contributed by atoms with Crippen molar-refractivity contribution in [3.63, 3.8) is 0 Å². The third kappa shape index (κ3) is 2.77. The van der Waals surface area contributed by atoms with Crippen LogP contribution in [0.2, 0.25) is 0 Å². The fraction of sp³-hybridized carbons (Fsp3) is 0.381. The standard InChI is InChI=1S/C21H24O5/c1-11-12(2)21(23)15-10-19(26-5)18(25-4)9-14(15)20(11)13-6-7-16(22)17(8-13)24-3/h6-12,20,22H,1-5H3/t11-,12+,20-/m0/s1. The van der Waals surface area contributed by atoms with E-state index < -0.39 is 0 Å². The Kier molecular flexibility index (Phi) is 4.81. The van der Waals surface area contributed by atoms with Gasteiger partial charge in [0.2, 0.25) is 0 Å². The minimum Gasteiger partial charge on any atom is -0.504 e. The van der Waals surface area contributed by atoms with Crippen molar-refractivity contribution in [2.75, 3.05) is 21.3 Å². The monoisotopic (exact) mass is 356 g/mol. The van der Waals surface area contributed by atoms with Gasteiger partial charge < -0.3 is 19.3 Å². The zero-order valence-electron chi connectivity index (χ0n) is 15.7. The number of ketones is 1. The van der Waals surface area contributed by atoms with E-state index >= 15 is 0 Å². The number of methoxy groups -OCH3 is 3. The summed E-state index contributed by atoms with van der Waals surface area (Å²) in [5.41, 5.74) is 2.55. The number of aromatic hydroxyl groups is 1. The molecule has 138 valence electrons. The molecule has 0 aliphatic heterocycles. The van der Waals surface area contributed by atoms with Crippen molar-refractivity contribution < 1.29 is 24.1 Å². The molecule has 3 rings (SSSR count). The minimum atomic E-state index is -0.134. The van der Waals surface area contributed by atoms with Crippen LogP contribution in [0.15, 0.2) is 30.3 Å². The number of hydrogen-bond donors (Lipinski definition) is 1. The van der Waals surface area contributed by atoms with Crippen molar-refractivity contribution >= 4 is 5.78 Å². The van der Waals surface area contributed by atoms with Crippen molar-refractivity contribution in [2.45, 2.75) is 19.8 Å². The summed E-state index contributed by atoms with van der Waals surface area (Å²) >= 11 is 0. The molecule has 0 spiro atoms. The van der Waals surface area contributed by atoms with Crippen molar-refractivity contribution in [1.29, 1.82) is 0 Å². The highest BCUT2D eigenvalue weighted by Crippen LogP contribution is 2.47. The molecule has 26 heavy (non-hydrogen) atoms. The number of carbonyl (C=O) groups excluding carboxylic acids is 1. The van der Waals surface area contributed by atoms with Gasteiger partial charge >= 0.3 is 0 Å². The van der Waals surface area contributed by atoms with Crippen LogP contribution in [0.3, 0.4) is 0 Å². The summed E-state index contributed by atoms with van der Waals surface area (Å²) in [5, 5.41) is 9.92. The van der Waals surface area contributed by atoms with Gasteiger partial charge in [-0.1, -0.05) is 19.9 Å². The Morgan fingerprint density at radius 1 is 0.885 bits per heavy atom. The normalized spacial score (nSPS) is 21.9. The molecule has 0 aromatic heterocycles. The molecule has 2 aromatic rings. The summed E-state index contributed by atoms with van der Waals surface area (Å²) in [7, 11) is 4.67. The van der Waals surface area contributed by atoms with Crippen LogP contribution >= 0.6 is 0 Å². The van der Waals surface area contributed by atoms with E-state index in [0.717, 1.165) is 11.1 Å². The Balaban J connectivity index is 2.23. The van der Waals surface area contributed by atoms with Crippen molar-refractivity contribution in [2.24, 2.45) is 11.8 Å². The number of benzene rings is 2. The van der Waals surface area contributed by atoms with Gasteiger partial charge in [-0.05, 0) is 41.3 Å². The fourth-order valence-corrected chi connectivity index (χ4v) is 3.79. The SMILES string of the molecule is COc1cc([C@H]2c3cc(OC)c(OC)cc3C(=O)[C@H](C)[C@@H]2C)ccc1O. The Labute approximate surface area is 153 Å². The fourth-order valence-electron chi connectivity index (χ4n) is 3.79. The summed E-state index contributed by atoms with van der Waals surface area (Å²) < 4.78 is 16.1. The molecule has 0 unspecified atom stereocenters. The Bertz CT molecular complexity index is 843. The number of phenols is 1. The van der Waals surface area contributed by atoms with Crippen LogP contribution in [0, 0.1) is 11.8 Å². The third-order valence-corrected chi connectivity index (χ3v) is 5.45. The predicted molar refractivity (Wildman–Crippen MR) is 98.7 cm³/mol. The summed E-state index contributed by atoms with van der Waals surface area (Å²) in [5.74, 6) is 1.69. The molecule has 1 aliphatic carbocycles. The molecule has 0 bridgehead atoms. The average Bonchev–Trinajstić information content (AvgIpc) is 2.66. The molecule has 1 aliphatic rings. The molecule has 1 N–H and O–H groups in total. The van der Waals surface area contributed by atoms with Gasteiger partial charge in [0.15, 0.2) is 28.8 Å². The molecule has 0 fully saturated rings. The van der Waals surface area contributed by atoms with Crippen LogP contribution in [0.4, 0.5) is 0 Å². The highest BCUT2D eigenvalue weighted by Gasteiger charge is 2.39. The first kappa shape index (κ1) is 18.1. The van der Waals surface area contributed by atoms with E-state index in [1.807, 2.05) is 25.1 Å². The lowest BCUT2D eigenvalue weighted by Gasteiger charge is -2.36. The number of Topliss-reactive ketones (excluding diaryl/α,β-unsaturated/α-hetero) is 1. The van der Waals surface area contributed by atoms with Gasteiger partial charge in [-0.3, -0.25) is 4.79 Å². The molecule has 5 heteroatoms. The molecule has 0 saturated heterocycles. The van der Waals surface area contributed by atoms with E-state index in [0.29, 0.717) is 22.8 Å². The van der Waals surface area contributed by atoms with Crippen LogP contribution in [0.25, 0.3) is 0 Å². The number of fused-ring (bicyclic) bond motifs is 1. The minimum absolute atomic E-state index is 0.0213. The quantitative estimate of drug-likeness (QED) is 0.896. The number of hydrogen-bond acceptors (Lipinski definition) is 5. The van der Waals surface area contributed by atoms with Crippen molar-refractivity contribution in [3.05, 3.63) is 47.0 Å². The molecule has 0 saturated carbocycles. The van der Waals surface area contributed by atoms with E-state index in [9.17, 15) is 9.90 Å².